The molecule has 20 heavy (non-hydrogen) atoms. The van der Waals surface area contributed by atoms with Gasteiger partial charge in [0, 0.05) is 18.8 Å². The Morgan fingerprint density at radius 3 is 3.00 bits per heavy atom. The highest BCUT2D eigenvalue weighted by Crippen LogP contribution is 2.18. The van der Waals surface area contributed by atoms with Gasteiger partial charge in [-0.15, -0.1) is 11.3 Å². The minimum absolute atomic E-state index is 0.389. The zero-order valence-corrected chi connectivity index (χ0v) is 11.1. The molecule has 0 saturated heterocycles. The van der Waals surface area contributed by atoms with Crippen LogP contribution >= 0.6 is 11.3 Å². The predicted octanol–water partition coefficient (Wildman–Crippen LogP) is 1.27. The van der Waals surface area contributed by atoms with E-state index in [9.17, 15) is 9.59 Å². The third-order valence-electron chi connectivity index (χ3n) is 2.66. The Balaban J connectivity index is 1.91. The summed E-state index contributed by atoms with van der Waals surface area (Å²) in [7, 11) is 0. The summed E-state index contributed by atoms with van der Waals surface area (Å²) >= 11 is 1.30. The van der Waals surface area contributed by atoms with Crippen LogP contribution in [0.4, 0.5) is 0 Å². The standard InChI is InChI=1S/C14H9N3O2S/c18-12-11-7-10(20-13(11)17-14(19)16-12)5-1-3-9-4-2-6-15-8-9/h2,4,6-8H,3H2,(H2,16,17,18,19). The van der Waals surface area contributed by atoms with Crippen molar-refractivity contribution in [2.24, 2.45) is 0 Å². The Labute approximate surface area is 117 Å². The molecule has 98 valence electrons. The quantitative estimate of drug-likeness (QED) is 0.660. The van der Waals surface area contributed by atoms with Crippen LogP contribution in [0.3, 0.4) is 0 Å². The lowest BCUT2D eigenvalue weighted by Crippen LogP contribution is -2.20. The normalized spacial score (nSPS) is 10.2. The molecule has 0 fully saturated rings. The minimum atomic E-state index is -0.501. The van der Waals surface area contributed by atoms with Crippen LogP contribution in [0.5, 0.6) is 0 Å². The summed E-state index contributed by atoms with van der Waals surface area (Å²) < 4.78 is 0. The number of rotatable bonds is 1. The molecule has 0 saturated carbocycles. The van der Waals surface area contributed by atoms with E-state index in [0.717, 1.165) is 10.4 Å². The first-order chi connectivity index (χ1) is 9.72. The highest BCUT2D eigenvalue weighted by molar-refractivity contribution is 7.19. The van der Waals surface area contributed by atoms with Crippen molar-refractivity contribution in [3.8, 4) is 11.8 Å². The van der Waals surface area contributed by atoms with E-state index in [1.807, 2.05) is 12.1 Å². The first kappa shape index (κ1) is 12.4. The molecule has 0 aromatic carbocycles. The van der Waals surface area contributed by atoms with E-state index < -0.39 is 5.69 Å². The van der Waals surface area contributed by atoms with Gasteiger partial charge in [0.2, 0.25) is 0 Å². The smallest absolute Gasteiger partial charge is 0.298 e. The molecule has 0 aliphatic heterocycles. The highest BCUT2D eigenvalue weighted by atomic mass is 32.1. The molecule has 0 atom stereocenters. The highest BCUT2D eigenvalue weighted by Gasteiger charge is 2.04. The van der Waals surface area contributed by atoms with Gasteiger partial charge in [-0.25, -0.2) is 4.79 Å². The van der Waals surface area contributed by atoms with Crippen molar-refractivity contribution in [3.63, 3.8) is 0 Å². The summed E-state index contributed by atoms with van der Waals surface area (Å²) in [5.41, 5.74) is 0.145. The Hall–Kier alpha value is -2.65. The van der Waals surface area contributed by atoms with Gasteiger partial charge < -0.3 is 0 Å². The maximum absolute atomic E-state index is 11.6. The van der Waals surface area contributed by atoms with E-state index in [0.29, 0.717) is 16.6 Å². The zero-order chi connectivity index (χ0) is 13.9. The predicted molar refractivity (Wildman–Crippen MR) is 77.9 cm³/mol. The van der Waals surface area contributed by atoms with Crippen LogP contribution in [-0.4, -0.2) is 15.0 Å². The summed E-state index contributed by atoms with van der Waals surface area (Å²) in [6.07, 6.45) is 4.07. The summed E-state index contributed by atoms with van der Waals surface area (Å²) in [5.74, 6) is 6.02. The molecule has 0 aliphatic carbocycles. The zero-order valence-electron chi connectivity index (χ0n) is 10.3. The number of nitrogens with zero attached hydrogens (tertiary/aromatic N) is 1. The molecule has 3 aromatic heterocycles. The SMILES string of the molecule is O=c1[nH]c(=O)c2cc(C#CCc3cccnc3)sc2[nH]1. The molecule has 6 heteroatoms. The largest absolute Gasteiger partial charge is 0.326 e. The van der Waals surface area contributed by atoms with Gasteiger partial charge in [0.25, 0.3) is 5.56 Å². The molecular weight excluding hydrogens is 274 g/mol. The lowest BCUT2D eigenvalue weighted by Gasteiger charge is -1.89. The van der Waals surface area contributed by atoms with Crippen LogP contribution in [-0.2, 0) is 6.42 Å². The second kappa shape index (κ2) is 5.15. The van der Waals surface area contributed by atoms with Crippen LogP contribution < -0.4 is 11.2 Å². The lowest BCUT2D eigenvalue weighted by molar-refractivity contribution is 1.09. The Kier molecular flexibility index (Phi) is 3.19. The molecule has 3 rings (SSSR count). The van der Waals surface area contributed by atoms with Gasteiger partial charge in [0.1, 0.15) is 4.83 Å². The van der Waals surface area contributed by atoms with Crippen molar-refractivity contribution < 1.29 is 0 Å². The van der Waals surface area contributed by atoms with Crippen molar-refractivity contribution >= 4 is 21.6 Å². The van der Waals surface area contributed by atoms with Gasteiger partial charge in [-0.3, -0.25) is 19.7 Å². The van der Waals surface area contributed by atoms with Gasteiger partial charge in [0.15, 0.2) is 0 Å². The fourth-order valence-electron chi connectivity index (χ4n) is 1.76. The summed E-state index contributed by atoms with van der Waals surface area (Å²) in [6.45, 7) is 0. The van der Waals surface area contributed by atoms with Crippen molar-refractivity contribution in [1.82, 2.24) is 15.0 Å². The molecule has 0 amide bonds. The van der Waals surface area contributed by atoms with Crippen LogP contribution in [0.1, 0.15) is 10.4 Å². The van der Waals surface area contributed by atoms with Gasteiger partial charge in [-0.05, 0) is 17.7 Å². The topological polar surface area (TPSA) is 78.6 Å². The van der Waals surface area contributed by atoms with Crippen LogP contribution in [0.25, 0.3) is 10.2 Å². The summed E-state index contributed by atoms with van der Waals surface area (Å²) in [5, 5.41) is 0.459. The molecule has 0 bridgehead atoms. The summed E-state index contributed by atoms with van der Waals surface area (Å²) in [6, 6.07) is 5.50. The second-order valence-corrected chi connectivity index (χ2v) is 5.15. The average Bonchev–Trinajstić information content (AvgIpc) is 2.83. The molecule has 0 aliphatic rings. The van der Waals surface area contributed by atoms with Crippen LogP contribution in [0, 0.1) is 11.8 Å². The van der Waals surface area contributed by atoms with Crippen molar-refractivity contribution in [3.05, 3.63) is 61.9 Å². The van der Waals surface area contributed by atoms with E-state index in [1.54, 1.807) is 18.5 Å². The van der Waals surface area contributed by atoms with Crippen molar-refractivity contribution in [2.75, 3.05) is 0 Å². The number of aromatic nitrogens is 3. The molecule has 5 nitrogen and oxygen atoms in total. The van der Waals surface area contributed by atoms with Crippen LogP contribution in [0.2, 0.25) is 0 Å². The molecule has 3 aromatic rings. The number of H-pyrrole nitrogens is 2. The van der Waals surface area contributed by atoms with Gasteiger partial charge in [-0.2, -0.15) is 0 Å². The number of hydrogen-bond acceptors (Lipinski definition) is 4. The molecule has 0 unspecified atom stereocenters. The number of aromatic amines is 2. The minimum Gasteiger partial charge on any atom is -0.298 e. The second-order valence-electron chi connectivity index (χ2n) is 4.10. The maximum Gasteiger partial charge on any atom is 0.326 e. The van der Waals surface area contributed by atoms with E-state index in [1.165, 1.54) is 11.3 Å². The molecule has 0 spiro atoms. The first-order valence-electron chi connectivity index (χ1n) is 5.86. The average molecular weight is 283 g/mol. The fraction of sp³-hybridized carbons (Fsp3) is 0.0714. The van der Waals surface area contributed by atoms with Crippen LogP contribution in [0.15, 0.2) is 40.2 Å². The third kappa shape index (κ3) is 2.53. The van der Waals surface area contributed by atoms with E-state index in [2.05, 4.69) is 26.8 Å². The van der Waals surface area contributed by atoms with Crippen molar-refractivity contribution in [2.45, 2.75) is 6.42 Å². The van der Waals surface area contributed by atoms with Gasteiger partial charge in [-0.1, -0.05) is 17.9 Å². The first-order valence-corrected chi connectivity index (χ1v) is 6.68. The number of nitrogens with one attached hydrogen (secondary N) is 2. The van der Waals surface area contributed by atoms with E-state index in [-0.39, 0.29) is 5.56 Å². The monoisotopic (exact) mass is 283 g/mol. The molecule has 2 N–H and O–H groups in total. The van der Waals surface area contributed by atoms with E-state index >= 15 is 0 Å². The molecular formula is C14H9N3O2S. The lowest BCUT2D eigenvalue weighted by atomic mass is 10.2. The Morgan fingerprint density at radius 1 is 1.30 bits per heavy atom. The van der Waals surface area contributed by atoms with Crippen molar-refractivity contribution in [1.29, 1.82) is 0 Å². The number of fused-ring (bicyclic) bond motifs is 1. The van der Waals surface area contributed by atoms with Gasteiger partial charge in [0.05, 0.1) is 10.3 Å². The summed E-state index contributed by atoms with van der Waals surface area (Å²) in [4.78, 5) is 32.8. The molecule has 0 radical (unpaired) electrons. The third-order valence-corrected chi connectivity index (χ3v) is 3.62. The van der Waals surface area contributed by atoms with Gasteiger partial charge >= 0.3 is 5.69 Å². The number of pyridine rings is 1. The Morgan fingerprint density at radius 2 is 2.20 bits per heavy atom. The number of hydrogen-bond donors (Lipinski definition) is 2. The molecule has 3 heterocycles. The Bertz CT molecular complexity index is 926. The number of thiophene rings is 1. The fourth-order valence-corrected chi connectivity index (χ4v) is 2.68. The van der Waals surface area contributed by atoms with E-state index in [4.69, 9.17) is 0 Å². The maximum atomic E-state index is 11.6.